The number of non-ortho nitro benzene ring substituents is 1. The first-order valence-corrected chi connectivity index (χ1v) is 5.74. The summed E-state index contributed by atoms with van der Waals surface area (Å²) < 4.78 is 38.0. The minimum absolute atomic E-state index is 0.0384. The first-order valence-electron chi connectivity index (χ1n) is 5.74. The lowest BCUT2D eigenvalue weighted by molar-refractivity contribution is -0.384. The van der Waals surface area contributed by atoms with Gasteiger partial charge < -0.3 is 0 Å². The molecule has 0 spiro atoms. The zero-order chi connectivity index (χ0) is 15.6. The van der Waals surface area contributed by atoms with Gasteiger partial charge >= 0.3 is 6.18 Å². The molecular formula is C14H8F3NO3. The van der Waals surface area contributed by atoms with Crippen LogP contribution in [-0.4, -0.2) is 11.2 Å². The Hall–Kier alpha value is -2.70. The van der Waals surface area contributed by atoms with Crippen LogP contribution in [0.2, 0.25) is 0 Å². The maximum atomic E-state index is 12.7. The number of rotatable bonds is 3. The van der Waals surface area contributed by atoms with Crippen LogP contribution in [0.3, 0.4) is 0 Å². The molecule has 0 aliphatic carbocycles. The Labute approximate surface area is 117 Å². The summed E-state index contributed by atoms with van der Waals surface area (Å²) in [5, 5.41) is 10.6. The van der Waals surface area contributed by atoms with Gasteiger partial charge in [0.15, 0.2) is 6.29 Å². The average Bonchev–Trinajstić information content (AvgIpc) is 2.45. The third-order valence-corrected chi connectivity index (χ3v) is 2.87. The molecule has 0 radical (unpaired) electrons. The van der Waals surface area contributed by atoms with E-state index >= 15 is 0 Å². The van der Waals surface area contributed by atoms with E-state index < -0.39 is 16.7 Å². The Kier molecular flexibility index (Phi) is 3.75. The summed E-state index contributed by atoms with van der Waals surface area (Å²) in [7, 11) is 0. The number of nitro groups is 1. The second-order valence-corrected chi connectivity index (χ2v) is 4.23. The van der Waals surface area contributed by atoms with E-state index in [2.05, 4.69) is 0 Å². The number of benzene rings is 2. The highest BCUT2D eigenvalue weighted by Crippen LogP contribution is 2.33. The lowest BCUT2D eigenvalue weighted by Crippen LogP contribution is -2.04. The number of carbonyl (C=O) groups excluding carboxylic acids is 1. The summed E-state index contributed by atoms with van der Waals surface area (Å²) in [4.78, 5) is 21.0. The van der Waals surface area contributed by atoms with Gasteiger partial charge in [-0.1, -0.05) is 12.1 Å². The second-order valence-electron chi connectivity index (χ2n) is 4.23. The van der Waals surface area contributed by atoms with Gasteiger partial charge in [-0.3, -0.25) is 14.9 Å². The molecule has 0 bridgehead atoms. The van der Waals surface area contributed by atoms with Gasteiger partial charge in [0.1, 0.15) is 0 Å². The van der Waals surface area contributed by atoms with Crippen molar-refractivity contribution in [3.63, 3.8) is 0 Å². The van der Waals surface area contributed by atoms with Crippen LogP contribution in [-0.2, 0) is 6.18 Å². The Morgan fingerprint density at radius 3 is 2.38 bits per heavy atom. The number of carbonyl (C=O) groups is 1. The molecule has 2 aromatic rings. The van der Waals surface area contributed by atoms with E-state index in [0.29, 0.717) is 6.29 Å². The fourth-order valence-electron chi connectivity index (χ4n) is 1.89. The fraction of sp³-hybridized carbons (Fsp3) is 0.0714. The molecule has 21 heavy (non-hydrogen) atoms. The van der Waals surface area contributed by atoms with E-state index in [4.69, 9.17) is 0 Å². The van der Waals surface area contributed by atoms with Gasteiger partial charge in [-0.2, -0.15) is 13.2 Å². The Bertz CT molecular complexity index is 711. The van der Waals surface area contributed by atoms with Crippen LogP contribution in [0, 0.1) is 10.1 Å². The van der Waals surface area contributed by atoms with Crippen molar-refractivity contribution < 1.29 is 22.9 Å². The van der Waals surface area contributed by atoms with Crippen molar-refractivity contribution in [2.24, 2.45) is 0 Å². The third-order valence-electron chi connectivity index (χ3n) is 2.87. The van der Waals surface area contributed by atoms with Crippen molar-refractivity contribution in [3.8, 4) is 11.1 Å². The standard InChI is InChI=1S/C14H8F3NO3/c15-14(16,17)11-3-1-2-9(6-11)13-5-4-12(18(20)21)7-10(13)8-19/h1-8H. The number of nitro benzene ring substituents is 1. The zero-order valence-electron chi connectivity index (χ0n) is 10.4. The van der Waals surface area contributed by atoms with Crippen molar-refractivity contribution in [3.05, 3.63) is 63.7 Å². The van der Waals surface area contributed by atoms with Crippen molar-refractivity contribution in [1.29, 1.82) is 0 Å². The summed E-state index contributed by atoms with van der Waals surface area (Å²) >= 11 is 0. The normalized spacial score (nSPS) is 11.2. The maximum absolute atomic E-state index is 12.7. The minimum Gasteiger partial charge on any atom is -0.298 e. The smallest absolute Gasteiger partial charge is 0.298 e. The molecule has 0 N–H and O–H groups in total. The number of aldehydes is 1. The highest BCUT2D eigenvalue weighted by atomic mass is 19.4. The molecule has 2 aromatic carbocycles. The Morgan fingerprint density at radius 2 is 1.81 bits per heavy atom. The third kappa shape index (κ3) is 3.07. The molecule has 0 saturated heterocycles. The van der Waals surface area contributed by atoms with Gasteiger partial charge in [-0.05, 0) is 29.3 Å². The number of nitrogens with zero attached hydrogens (tertiary/aromatic N) is 1. The maximum Gasteiger partial charge on any atom is 0.416 e. The van der Waals surface area contributed by atoms with Crippen LogP contribution in [0.15, 0.2) is 42.5 Å². The minimum atomic E-state index is -4.50. The summed E-state index contributed by atoms with van der Waals surface area (Å²) in [6.07, 6.45) is -4.12. The van der Waals surface area contributed by atoms with E-state index in [1.807, 2.05) is 0 Å². The SMILES string of the molecule is O=Cc1cc([N+](=O)[O-])ccc1-c1cccc(C(F)(F)F)c1. The zero-order valence-corrected chi connectivity index (χ0v) is 10.4. The van der Waals surface area contributed by atoms with Crippen LogP contribution < -0.4 is 0 Å². The predicted molar refractivity (Wildman–Crippen MR) is 68.9 cm³/mol. The molecular weight excluding hydrogens is 287 g/mol. The first kappa shape index (κ1) is 14.7. The largest absolute Gasteiger partial charge is 0.416 e. The number of halogens is 3. The number of hydrogen-bond donors (Lipinski definition) is 0. The molecule has 0 unspecified atom stereocenters. The van der Waals surface area contributed by atoms with E-state index in [9.17, 15) is 28.1 Å². The molecule has 0 heterocycles. The van der Waals surface area contributed by atoms with Crippen LogP contribution in [0.4, 0.5) is 18.9 Å². The van der Waals surface area contributed by atoms with Crippen LogP contribution in [0.25, 0.3) is 11.1 Å². The van der Waals surface area contributed by atoms with Crippen molar-refractivity contribution in [2.45, 2.75) is 6.18 Å². The Balaban J connectivity index is 2.57. The summed E-state index contributed by atoms with van der Waals surface area (Å²) in [5.74, 6) is 0. The van der Waals surface area contributed by atoms with Gasteiger partial charge in [0.2, 0.25) is 0 Å². The molecule has 0 aliphatic heterocycles. The van der Waals surface area contributed by atoms with Gasteiger partial charge in [0, 0.05) is 17.7 Å². The molecule has 2 rings (SSSR count). The lowest BCUT2D eigenvalue weighted by atomic mass is 9.98. The van der Waals surface area contributed by atoms with Crippen molar-refractivity contribution in [1.82, 2.24) is 0 Å². The quantitative estimate of drug-likeness (QED) is 0.486. The molecule has 0 aromatic heterocycles. The number of hydrogen-bond acceptors (Lipinski definition) is 3. The number of alkyl halides is 3. The van der Waals surface area contributed by atoms with E-state index in [1.165, 1.54) is 18.2 Å². The van der Waals surface area contributed by atoms with Gasteiger partial charge in [0.25, 0.3) is 5.69 Å². The van der Waals surface area contributed by atoms with E-state index in [0.717, 1.165) is 24.3 Å². The lowest BCUT2D eigenvalue weighted by Gasteiger charge is -2.10. The predicted octanol–water partition coefficient (Wildman–Crippen LogP) is 4.09. The van der Waals surface area contributed by atoms with Crippen LogP contribution in [0.1, 0.15) is 15.9 Å². The van der Waals surface area contributed by atoms with E-state index in [-0.39, 0.29) is 22.4 Å². The van der Waals surface area contributed by atoms with Gasteiger partial charge in [-0.15, -0.1) is 0 Å². The second kappa shape index (κ2) is 5.35. The monoisotopic (exact) mass is 295 g/mol. The molecule has 0 atom stereocenters. The van der Waals surface area contributed by atoms with E-state index in [1.54, 1.807) is 0 Å². The topological polar surface area (TPSA) is 60.2 Å². The van der Waals surface area contributed by atoms with Crippen molar-refractivity contribution in [2.75, 3.05) is 0 Å². The molecule has 108 valence electrons. The molecule has 7 heteroatoms. The molecule has 0 amide bonds. The molecule has 0 fully saturated rings. The molecule has 4 nitrogen and oxygen atoms in total. The van der Waals surface area contributed by atoms with Gasteiger partial charge in [-0.25, -0.2) is 0 Å². The summed E-state index contributed by atoms with van der Waals surface area (Å²) in [6.45, 7) is 0. The first-order chi connectivity index (χ1) is 9.82. The average molecular weight is 295 g/mol. The highest BCUT2D eigenvalue weighted by Gasteiger charge is 2.30. The van der Waals surface area contributed by atoms with Gasteiger partial charge in [0.05, 0.1) is 10.5 Å². The molecule has 0 aliphatic rings. The molecule has 0 saturated carbocycles. The Morgan fingerprint density at radius 1 is 1.10 bits per heavy atom. The van der Waals surface area contributed by atoms with Crippen LogP contribution >= 0.6 is 0 Å². The summed E-state index contributed by atoms with van der Waals surface area (Å²) in [6, 6.07) is 7.86. The van der Waals surface area contributed by atoms with Crippen molar-refractivity contribution >= 4 is 12.0 Å². The highest BCUT2D eigenvalue weighted by molar-refractivity contribution is 5.88. The van der Waals surface area contributed by atoms with Crippen LogP contribution in [0.5, 0.6) is 0 Å². The fourth-order valence-corrected chi connectivity index (χ4v) is 1.89. The summed E-state index contributed by atoms with van der Waals surface area (Å²) in [5.41, 5.74) is -0.810.